The van der Waals surface area contributed by atoms with Gasteiger partial charge in [-0.05, 0) is 30.5 Å². The first-order valence-electron chi connectivity index (χ1n) is 8.73. The Hall–Kier alpha value is -2.81. The van der Waals surface area contributed by atoms with Crippen LogP contribution in [-0.4, -0.2) is 46.2 Å². The molecule has 150 valence electrons. The number of hydrogen-bond acceptors (Lipinski definition) is 5. The Labute approximate surface area is 163 Å². The van der Waals surface area contributed by atoms with Gasteiger partial charge in [-0.2, -0.15) is 4.72 Å². The molecule has 0 saturated carbocycles. The van der Waals surface area contributed by atoms with E-state index >= 15 is 0 Å². The number of azide groups is 1. The molecule has 0 aliphatic heterocycles. The molecule has 0 spiro atoms. The minimum atomic E-state index is -4.05. The van der Waals surface area contributed by atoms with Crippen molar-refractivity contribution >= 4 is 32.5 Å². The molecule has 2 N–H and O–H groups in total. The monoisotopic (exact) mass is 405 g/mol. The van der Waals surface area contributed by atoms with Crippen LogP contribution < -0.4 is 9.62 Å². The third-order valence-electron chi connectivity index (χ3n) is 4.29. The molecular formula is C18H23N5O4S. The molecule has 10 heteroatoms. The van der Waals surface area contributed by atoms with Crippen molar-refractivity contribution in [3.63, 3.8) is 0 Å². The third-order valence-corrected chi connectivity index (χ3v) is 5.82. The first-order chi connectivity index (χ1) is 13.3. The zero-order chi connectivity index (χ0) is 20.7. The van der Waals surface area contributed by atoms with Gasteiger partial charge in [-0.25, -0.2) is 8.42 Å². The molecule has 0 heterocycles. The van der Waals surface area contributed by atoms with Crippen molar-refractivity contribution < 1.29 is 18.3 Å². The van der Waals surface area contributed by atoms with E-state index in [4.69, 9.17) is 5.53 Å². The molecule has 0 unspecified atom stereocenters. The van der Waals surface area contributed by atoms with E-state index in [1.165, 1.54) is 6.07 Å². The number of carboxylic acid groups (broad SMARTS) is 1. The highest BCUT2D eigenvalue weighted by molar-refractivity contribution is 7.89. The van der Waals surface area contributed by atoms with Crippen molar-refractivity contribution in [2.24, 2.45) is 5.11 Å². The number of anilines is 1. The highest BCUT2D eigenvalue weighted by atomic mass is 32.2. The molecular weight excluding hydrogens is 382 g/mol. The van der Waals surface area contributed by atoms with Crippen molar-refractivity contribution in [2.75, 3.05) is 25.5 Å². The highest BCUT2D eigenvalue weighted by Gasteiger charge is 2.26. The molecule has 0 radical (unpaired) electrons. The van der Waals surface area contributed by atoms with Crippen LogP contribution in [0.15, 0.2) is 46.4 Å². The lowest BCUT2D eigenvalue weighted by Gasteiger charge is -2.18. The fraction of sp³-hybridized carbons (Fsp3) is 0.389. The summed E-state index contributed by atoms with van der Waals surface area (Å²) >= 11 is 0. The summed E-state index contributed by atoms with van der Waals surface area (Å²) in [5.74, 6) is -1.25. The first-order valence-corrected chi connectivity index (χ1v) is 10.2. The van der Waals surface area contributed by atoms with Crippen molar-refractivity contribution in [3.05, 3.63) is 46.8 Å². The summed E-state index contributed by atoms with van der Waals surface area (Å²) < 4.78 is 28.1. The van der Waals surface area contributed by atoms with Gasteiger partial charge in [0, 0.05) is 42.0 Å². The molecule has 0 aliphatic rings. The van der Waals surface area contributed by atoms with Crippen LogP contribution in [-0.2, 0) is 14.8 Å². The quantitative estimate of drug-likeness (QED) is 0.271. The van der Waals surface area contributed by atoms with E-state index < -0.39 is 22.0 Å². The predicted molar refractivity (Wildman–Crippen MR) is 108 cm³/mol. The smallest absolute Gasteiger partial charge is 0.321 e. The topological polar surface area (TPSA) is 135 Å². The normalized spacial score (nSPS) is 12.4. The van der Waals surface area contributed by atoms with Crippen molar-refractivity contribution in [2.45, 2.75) is 30.2 Å². The van der Waals surface area contributed by atoms with Crippen LogP contribution in [0.3, 0.4) is 0 Å². The number of unbranched alkanes of at least 4 members (excludes halogenated alkanes) is 1. The summed E-state index contributed by atoms with van der Waals surface area (Å²) in [4.78, 5) is 16.1. The third kappa shape index (κ3) is 5.13. The number of hydrogen-bond donors (Lipinski definition) is 2. The maximum absolute atomic E-state index is 12.9. The maximum Gasteiger partial charge on any atom is 0.321 e. The molecule has 9 nitrogen and oxygen atoms in total. The van der Waals surface area contributed by atoms with Crippen LogP contribution in [0.2, 0.25) is 0 Å². The summed E-state index contributed by atoms with van der Waals surface area (Å²) in [6, 6.07) is 9.02. The number of nitrogens with zero attached hydrogens (tertiary/aromatic N) is 4. The zero-order valence-electron chi connectivity index (χ0n) is 15.7. The Morgan fingerprint density at radius 3 is 2.54 bits per heavy atom. The number of rotatable bonds is 10. The predicted octanol–water partition coefficient (Wildman–Crippen LogP) is 3.12. The second kappa shape index (κ2) is 9.41. The fourth-order valence-corrected chi connectivity index (χ4v) is 4.39. The molecule has 28 heavy (non-hydrogen) atoms. The summed E-state index contributed by atoms with van der Waals surface area (Å²) in [7, 11) is -0.320. The SMILES string of the molecule is CN(C)c1cccc2c(S(=O)(=O)N[C@@H](CCCCN=[N+]=[N-])C(=O)O)cccc12. The highest BCUT2D eigenvalue weighted by Crippen LogP contribution is 2.30. The Morgan fingerprint density at radius 1 is 1.21 bits per heavy atom. The minimum absolute atomic E-state index is 0.0361. The molecule has 0 bridgehead atoms. The number of carboxylic acids is 1. The van der Waals surface area contributed by atoms with E-state index in [0.29, 0.717) is 18.2 Å². The number of sulfonamides is 1. The fourth-order valence-electron chi connectivity index (χ4n) is 2.95. The molecule has 1 atom stereocenters. The minimum Gasteiger partial charge on any atom is -0.480 e. The van der Waals surface area contributed by atoms with Gasteiger partial charge in [-0.3, -0.25) is 4.79 Å². The molecule has 0 saturated heterocycles. The van der Waals surface area contributed by atoms with E-state index in [1.807, 2.05) is 31.1 Å². The van der Waals surface area contributed by atoms with Gasteiger partial charge in [0.2, 0.25) is 10.0 Å². The van der Waals surface area contributed by atoms with E-state index in [0.717, 1.165) is 11.1 Å². The molecule has 0 aliphatic carbocycles. The summed E-state index contributed by atoms with van der Waals surface area (Å²) in [5, 5.41) is 14.1. The number of aliphatic carboxylic acids is 1. The van der Waals surface area contributed by atoms with Gasteiger partial charge in [-0.15, -0.1) is 0 Å². The van der Waals surface area contributed by atoms with Crippen LogP contribution >= 0.6 is 0 Å². The number of carbonyl (C=O) groups is 1. The van der Waals surface area contributed by atoms with Crippen LogP contribution in [0, 0.1) is 0 Å². The lowest BCUT2D eigenvalue weighted by atomic mass is 10.1. The van der Waals surface area contributed by atoms with E-state index in [1.54, 1.807) is 18.2 Å². The summed E-state index contributed by atoms with van der Waals surface area (Å²) in [6.07, 6.45) is 0.998. The van der Waals surface area contributed by atoms with Gasteiger partial charge in [0.15, 0.2) is 0 Å². The molecule has 0 aromatic heterocycles. The van der Waals surface area contributed by atoms with Gasteiger partial charge >= 0.3 is 5.97 Å². The molecule has 2 aromatic carbocycles. The van der Waals surface area contributed by atoms with Gasteiger partial charge < -0.3 is 10.0 Å². The van der Waals surface area contributed by atoms with Crippen molar-refractivity contribution in [1.29, 1.82) is 0 Å². The van der Waals surface area contributed by atoms with Gasteiger partial charge in [0.1, 0.15) is 6.04 Å². The number of nitrogens with one attached hydrogen (secondary N) is 1. The van der Waals surface area contributed by atoms with E-state index in [2.05, 4.69) is 14.7 Å². The van der Waals surface area contributed by atoms with Crippen LogP contribution in [0.1, 0.15) is 19.3 Å². The van der Waals surface area contributed by atoms with Gasteiger partial charge in [0.05, 0.1) is 4.90 Å². The van der Waals surface area contributed by atoms with Crippen LogP contribution in [0.5, 0.6) is 0 Å². The van der Waals surface area contributed by atoms with Gasteiger partial charge in [0.25, 0.3) is 0 Å². The maximum atomic E-state index is 12.9. The average Bonchev–Trinajstić information content (AvgIpc) is 2.65. The molecule has 2 rings (SSSR count). The van der Waals surface area contributed by atoms with Crippen molar-refractivity contribution in [3.8, 4) is 0 Å². The largest absolute Gasteiger partial charge is 0.480 e. The number of fused-ring (bicyclic) bond motifs is 1. The van der Waals surface area contributed by atoms with Gasteiger partial charge in [-0.1, -0.05) is 35.8 Å². The Bertz CT molecular complexity index is 1000. The Morgan fingerprint density at radius 2 is 1.89 bits per heavy atom. The van der Waals surface area contributed by atoms with E-state index in [9.17, 15) is 18.3 Å². The summed E-state index contributed by atoms with van der Waals surface area (Å²) in [5.41, 5.74) is 9.12. The second-order valence-corrected chi connectivity index (χ2v) is 8.17. The average molecular weight is 405 g/mol. The Balaban J connectivity index is 2.31. The first kappa shape index (κ1) is 21.5. The van der Waals surface area contributed by atoms with E-state index in [-0.39, 0.29) is 17.9 Å². The molecule has 2 aromatic rings. The summed E-state index contributed by atoms with van der Waals surface area (Å²) in [6.45, 7) is 0.242. The standard InChI is InChI=1S/C18H23N5O4S/c1-23(2)16-10-5-8-14-13(16)7-6-11-17(14)28(26,27)21-15(18(24)25)9-3-4-12-20-22-19/h5-8,10-11,15,21H,3-4,9,12H2,1-2H3,(H,24,25)/t15-/m0/s1. The number of benzene rings is 2. The lowest BCUT2D eigenvalue weighted by molar-refractivity contribution is -0.139. The van der Waals surface area contributed by atoms with Crippen LogP contribution in [0.4, 0.5) is 5.69 Å². The van der Waals surface area contributed by atoms with Crippen molar-refractivity contribution in [1.82, 2.24) is 4.72 Å². The molecule has 0 amide bonds. The molecule has 0 fully saturated rings. The van der Waals surface area contributed by atoms with Crippen LogP contribution in [0.25, 0.3) is 21.2 Å². The Kier molecular flexibility index (Phi) is 7.22. The zero-order valence-corrected chi connectivity index (χ0v) is 16.6. The second-order valence-electron chi connectivity index (χ2n) is 6.49. The lowest BCUT2D eigenvalue weighted by Crippen LogP contribution is -2.40.